The molecule has 5 nitrogen and oxygen atoms in total. The lowest BCUT2D eigenvalue weighted by molar-refractivity contribution is 0.111. The second-order valence-electron chi connectivity index (χ2n) is 7.52. The van der Waals surface area contributed by atoms with E-state index in [4.69, 9.17) is 35.3 Å². The molecule has 0 atom stereocenters. The van der Waals surface area contributed by atoms with Crippen LogP contribution in [-0.4, -0.2) is 56.9 Å². The summed E-state index contributed by atoms with van der Waals surface area (Å²) in [5.41, 5.74) is 3.18. The molecule has 3 aromatic rings. The van der Waals surface area contributed by atoms with E-state index in [9.17, 15) is 0 Å². The Morgan fingerprint density at radius 1 is 1.00 bits per heavy atom. The maximum absolute atomic E-state index is 6.10. The largest absolute Gasteiger partial charge is 0.290 e. The minimum atomic E-state index is 0.655. The number of halogens is 1. The fourth-order valence-electron chi connectivity index (χ4n) is 3.62. The number of rotatable bonds is 5. The third kappa shape index (κ3) is 4.50. The standard InChI is InChI=1S/C23H24ClN5S/c1-3-12-26-13-15-27(16-14-26)17-28-23(30)29(21-10-4-18(2)5-11-21)22(25-28)19-6-8-20(24)9-7-19/h1,4-11H,12-17H2,2H3. The SMILES string of the molecule is C#CCN1CCN(Cn2nc(-c3ccc(Cl)cc3)n(-c3ccc(C)cc3)c2=S)CC1. The first-order valence-corrected chi connectivity index (χ1v) is 10.7. The Bertz CT molecular complexity index is 1100. The van der Waals surface area contributed by atoms with E-state index in [1.54, 1.807) is 0 Å². The molecule has 2 aromatic carbocycles. The molecule has 30 heavy (non-hydrogen) atoms. The first kappa shape index (κ1) is 20.8. The van der Waals surface area contributed by atoms with Gasteiger partial charge in [0.1, 0.15) is 0 Å². The van der Waals surface area contributed by atoms with Gasteiger partial charge in [-0.3, -0.25) is 14.4 Å². The summed E-state index contributed by atoms with van der Waals surface area (Å²) < 4.78 is 4.62. The van der Waals surface area contributed by atoms with Gasteiger partial charge < -0.3 is 0 Å². The zero-order valence-electron chi connectivity index (χ0n) is 17.0. The van der Waals surface area contributed by atoms with Gasteiger partial charge >= 0.3 is 0 Å². The molecule has 1 fully saturated rings. The van der Waals surface area contributed by atoms with E-state index in [1.807, 2.05) is 33.5 Å². The summed E-state index contributed by atoms with van der Waals surface area (Å²) in [5, 5.41) is 5.60. The Kier molecular flexibility index (Phi) is 6.35. The molecule has 154 valence electrons. The summed E-state index contributed by atoms with van der Waals surface area (Å²) >= 11 is 12.0. The van der Waals surface area contributed by atoms with Gasteiger partial charge in [0.25, 0.3) is 0 Å². The highest BCUT2D eigenvalue weighted by atomic mass is 35.5. The van der Waals surface area contributed by atoms with Crippen LogP contribution < -0.4 is 0 Å². The zero-order valence-corrected chi connectivity index (χ0v) is 18.5. The van der Waals surface area contributed by atoms with Crippen LogP contribution in [0, 0.1) is 24.0 Å². The smallest absolute Gasteiger partial charge is 0.204 e. The summed E-state index contributed by atoms with van der Waals surface area (Å²) in [4.78, 5) is 4.65. The van der Waals surface area contributed by atoms with Crippen LogP contribution >= 0.6 is 23.8 Å². The summed E-state index contributed by atoms with van der Waals surface area (Å²) in [7, 11) is 0. The molecule has 0 aliphatic carbocycles. The van der Waals surface area contributed by atoms with E-state index in [1.165, 1.54) is 5.56 Å². The Balaban J connectivity index is 1.68. The van der Waals surface area contributed by atoms with E-state index < -0.39 is 0 Å². The molecule has 0 N–H and O–H groups in total. The van der Waals surface area contributed by atoms with Crippen LogP contribution in [0.5, 0.6) is 0 Å². The van der Waals surface area contributed by atoms with Gasteiger partial charge in [0.2, 0.25) is 4.77 Å². The second-order valence-corrected chi connectivity index (χ2v) is 8.32. The molecule has 0 amide bonds. The number of nitrogens with zero attached hydrogens (tertiary/aromatic N) is 5. The van der Waals surface area contributed by atoms with Crippen molar-refractivity contribution in [2.75, 3.05) is 32.7 Å². The van der Waals surface area contributed by atoms with Crippen molar-refractivity contribution in [1.82, 2.24) is 24.1 Å². The fraction of sp³-hybridized carbons (Fsp3) is 0.304. The molecular formula is C23H24ClN5S. The highest BCUT2D eigenvalue weighted by Gasteiger charge is 2.20. The van der Waals surface area contributed by atoms with Gasteiger partial charge in [0.15, 0.2) is 5.82 Å². The second kappa shape index (κ2) is 9.15. The van der Waals surface area contributed by atoms with Crippen molar-refractivity contribution in [3.8, 4) is 29.4 Å². The number of hydrogen-bond acceptors (Lipinski definition) is 4. The lowest BCUT2D eigenvalue weighted by Crippen LogP contribution is -2.46. The van der Waals surface area contributed by atoms with E-state index in [0.717, 1.165) is 43.3 Å². The number of hydrogen-bond donors (Lipinski definition) is 0. The van der Waals surface area contributed by atoms with Crippen LogP contribution in [0.1, 0.15) is 5.56 Å². The Labute approximate surface area is 187 Å². The summed E-state index contributed by atoms with van der Waals surface area (Å²) in [6.45, 7) is 7.24. The first-order valence-electron chi connectivity index (χ1n) is 9.96. The average Bonchev–Trinajstić information content (AvgIpc) is 3.07. The van der Waals surface area contributed by atoms with Crippen molar-refractivity contribution >= 4 is 23.8 Å². The molecule has 0 radical (unpaired) electrons. The van der Waals surface area contributed by atoms with Gasteiger partial charge in [-0.05, 0) is 55.5 Å². The quantitative estimate of drug-likeness (QED) is 0.441. The molecule has 0 bridgehead atoms. The van der Waals surface area contributed by atoms with Crippen LogP contribution in [0.25, 0.3) is 17.1 Å². The number of terminal acetylenes is 1. The molecule has 0 unspecified atom stereocenters. The fourth-order valence-corrected chi connectivity index (χ4v) is 4.04. The molecule has 4 rings (SSSR count). The monoisotopic (exact) mass is 437 g/mol. The van der Waals surface area contributed by atoms with Gasteiger partial charge in [-0.1, -0.05) is 35.2 Å². The summed E-state index contributed by atoms with van der Waals surface area (Å²) in [6, 6.07) is 16.0. The van der Waals surface area contributed by atoms with Crippen LogP contribution in [0.4, 0.5) is 0 Å². The van der Waals surface area contributed by atoms with E-state index in [0.29, 0.717) is 23.0 Å². The number of benzene rings is 2. The van der Waals surface area contributed by atoms with Gasteiger partial charge in [-0.2, -0.15) is 0 Å². The molecular weight excluding hydrogens is 414 g/mol. The molecule has 1 saturated heterocycles. The zero-order chi connectivity index (χ0) is 21.1. The highest BCUT2D eigenvalue weighted by molar-refractivity contribution is 7.71. The van der Waals surface area contributed by atoms with Crippen molar-refractivity contribution in [2.45, 2.75) is 13.6 Å². The Morgan fingerprint density at radius 3 is 2.27 bits per heavy atom. The third-order valence-corrected chi connectivity index (χ3v) is 5.99. The van der Waals surface area contributed by atoms with Gasteiger partial charge in [0, 0.05) is 42.5 Å². The molecule has 7 heteroatoms. The number of piperazine rings is 1. The molecule has 1 aliphatic heterocycles. The molecule has 0 spiro atoms. The van der Waals surface area contributed by atoms with Gasteiger partial charge in [-0.15, -0.1) is 11.5 Å². The van der Waals surface area contributed by atoms with Crippen LogP contribution in [-0.2, 0) is 6.67 Å². The topological polar surface area (TPSA) is 29.2 Å². The predicted molar refractivity (Wildman–Crippen MR) is 124 cm³/mol. The van der Waals surface area contributed by atoms with Crippen molar-refractivity contribution in [2.24, 2.45) is 0 Å². The van der Waals surface area contributed by atoms with Crippen molar-refractivity contribution in [3.05, 3.63) is 63.9 Å². The minimum absolute atomic E-state index is 0.655. The maximum Gasteiger partial charge on any atom is 0.204 e. The van der Waals surface area contributed by atoms with Crippen LogP contribution in [0.2, 0.25) is 5.02 Å². The Morgan fingerprint density at radius 2 is 1.63 bits per heavy atom. The van der Waals surface area contributed by atoms with Crippen LogP contribution in [0.15, 0.2) is 48.5 Å². The van der Waals surface area contributed by atoms with Crippen molar-refractivity contribution < 1.29 is 0 Å². The normalized spacial score (nSPS) is 15.2. The first-order chi connectivity index (χ1) is 14.5. The third-order valence-electron chi connectivity index (χ3n) is 5.35. The van der Waals surface area contributed by atoms with E-state index in [-0.39, 0.29) is 0 Å². The average molecular weight is 438 g/mol. The molecule has 1 aromatic heterocycles. The lowest BCUT2D eigenvalue weighted by atomic mass is 10.2. The summed E-state index contributed by atoms with van der Waals surface area (Å²) in [6.07, 6.45) is 5.44. The predicted octanol–water partition coefficient (Wildman–Crippen LogP) is 4.24. The lowest BCUT2D eigenvalue weighted by Gasteiger charge is -2.33. The van der Waals surface area contributed by atoms with Gasteiger partial charge in [-0.25, -0.2) is 4.68 Å². The molecule has 2 heterocycles. The minimum Gasteiger partial charge on any atom is -0.290 e. The number of aromatic nitrogens is 3. The Hall–Kier alpha value is -2.43. The van der Waals surface area contributed by atoms with E-state index >= 15 is 0 Å². The van der Waals surface area contributed by atoms with Crippen LogP contribution in [0.3, 0.4) is 0 Å². The van der Waals surface area contributed by atoms with E-state index in [2.05, 4.69) is 46.9 Å². The van der Waals surface area contributed by atoms with Crippen molar-refractivity contribution in [3.63, 3.8) is 0 Å². The molecule has 1 aliphatic rings. The van der Waals surface area contributed by atoms with Crippen molar-refractivity contribution in [1.29, 1.82) is 0 Å². The highest BCUT2D eigenvalue weighted by Crippen LogP contribution is 2.24. The van der Waals surface area contributed by atoms with Gasteiger partial charge in [0.05, 0.1) is 13.2 Å². The number of aryl methyl sites for hydroxylation is 1. The summed E-state index contributed by atoms with van der Waals surface area (Å²) in [5.74, 6) is 3.54. The molecule has 0 saturated carbocycles. The maximum atomic E-state index is 6.10.